The van der Waals surface area contributed by atoms with Crippen LogP contribution in [0.25, 0.3) is 0 Å². The Balaban J connectivity index is 2.08. The van der Waals surface area contributed by atoms with Gasteiger partial charge < -0.3 is 5.73 Å². The summed E-state index contributed by atoms with van der Waals surface area (Å²) in [6.45, 7) is 0. The zero-order chi connectivity index (χ0) is 11.5. The van der Waals surface area contributed by atoms with Crippen molar-refractivity contribution in [3.63, 3.8) is 0 Å². The molecule has 1 unspecified atom stereocenters. The van der Waals surface area contributed by atoms with E-state index < -0.39 is 0 Å². The molecule has 1 atom stereocenters. The van der Waals surface area contributed by atoms with E-state index in [1.165, 1.54) is 14.7 Å². The third-order valence-corrected chi connectivity index (χ3v) is 3.23. The van der Waals surface area contributed by atoms with Gasteiger partial charge in [-0.2, -0.15) is 5.10 Å². The maximum Gasteiger partial charge on any atom is 0.0522 e. The number of benzene rings is 1. The number of nitrogens with zero attached hydrogens (tertiary/aromatic N) is 2. The Bertz CT molecular complexity index is 461. The molecule has 4 heteroatoms. The molecule has 2 rings (SSSR count). The van der Waals surface area contributed by atoms with Crippen molar-refractivity contribution in [1.82, 2.24) is 9.78 Å². The average Bonchev–Trinajstić information content (AvgIpc) is 2.65. The van der Waals surface area contributed by atoms with Crippen LogP contribution < -0.4 is 5.73 Å². The molecule has 1 aromatic heterocycles. The van der Waals surface area contributed by atoms with Crippen LogP contribution in [0.2, 0.25) is 0 Å². The number of aromatic nitrogens is 2. The van der Waals surface area contributed by atoms with E-state index >= 15 is 0 Å². The van der Waals surface area contributed by atoms with Gasteiger partial charge in [-0.15, -0.1) is 0 Å². The Kier molecular flexibility index (Phi) is 3.60. The van der Waals surface area contributed by atoms with Gasteiger partial charge in [-0.05, 0) is 52.3 Å². The number of rotatable bonds is 3. The lowest BCUT2D eigenvalue weighted by Crippen LogP contribution is -2.12. The zero-order valence-corrected chi connectivity index (χ0v) is 11.3. The van der Waals surface area contributed by atoms with Crippen molar-refractivity contribution < 1.29 is 0 Å². The minimum Gasteiger partial charge on any atom is -0.324 e. The zero-order valence-electron chi connectivity index (χ0n) is 9.10. The lowest BCUT2D eigenvalue weighted by Gasteiger charge is -2.10. The second-order valence-electron chi connectivity index (χ2n) is 3.88. The van der Waals surface area contributed by atoms with Crippen LogP contribution in [0.1, 0.15) is 17.2 Å². The summed E-state index contributed by atoms with van der Waals surface area (Å²) in [5, 5.41) is 4.14. The Labute approximate surface area is 109 Å². The van der Waals surface area contributed by atoms with Gasteiger partial charge in [-0.25, -0.2) is 0 Å². The first-order chi connectivity index (χ1) is 7.65. The van der Waals surface area contributed by atoms with Crippen molar-refractivity contribution in [3.8, 4) is 0 Å². The third-order valence-electron chi connectivity index (χ3n) is 2.51. The van der Waals surface area contributed by atoms with Crippen LogP contribution in [-0.2, 0) is 13.5 Å². The van der Waals surface area contributed by atoms with Crippen LogP contribution in [-0.4, -0.2) is 9.78 Å². The molecule has 1 heterocycles. The Morgan fingerprint density at radius 1 is 1.38 bits per heavy atom. The smallest absolute Gasteiger partial charge is 0.0522 e. The van der Waals surface area contributed by atoms with Crippen molar-refractivity contribution in [2.24, 2.45) is 12.8 Å². The summed E-state index contributed by atoms with van der Waals surface area (Å²) in [6.07, 6.45) is 4.70. The molecule has 3 nitrogen and oxygen atoms in total. The van der Waals surface area contributed by atoms with Gasteiger partial charge in [-0.1, -0.05) is 12.1 Å². The molecule has 2 N–H and O–H groups in total. The number of aryl methyl sites for hydroxylation is 1. The van der Waals surface area contributed by atoms with Crippen LogP contribution in [0.5, 0.6) is 0 Å². The Morgan fingerprint density at radius 3 is 2.62 bits per heavy atom. The van der Waals surface area contributed by atoms with Crippen LogP contribution in [0.3, 0.4) is 0 Å². The standard InChI is InChI=1S/C12H14IN3/c1-16-8-9(7-15-16)6-12(14)10-2-4-11(13)5-3-10/h2-5,7-8,12H,6,14H2,1H3. The van der Waals surface area contributed by atoms with E-state index in [9.17, 15) is 0 Å². The second kappa shape index (κ2) is 4.97. The lowest BCUT2D eigenvalue weighted by molar-refractivity contribution is 0.719. The number of hydrogen-bond donors (Lipinski definition) is 1. The molecule has 0 spiro atoms. The molecular weight excluding hydrogens is 313 g/mol. The van der Waals surface area contributed by atoms with Gasteiger partial charge in [0, 0.05) is 22.9 Å². The first-order valence-electron chi connectivity index (χ1n) is 5.14. The van der Waals surface area contributed by atoms with E-state index in [-0.39, 0.29) is 6.04 Å². The molecule has 0 aliphatic heterocycles. The summed E-state index contributed by atoms with van der Waals surface area (Å²) in [7, 11) is 1.92. The molecular formula is C12H14IN3. The fourth-order valence-electron chi connectivity index (χ4n) is 1.66. The molecule has 1 aromatic carbocycles. The third kappa shape index (κ3) is 2.82. The Morgan fingerprint density at radius 2 is 2.06 bits per heavy atom. The monoisotopic (exact) mass is 327 g/mol. The molecule has 0 saturated heterocycles. The number of hydrogen-bond acceptors (Lipinski definition) is 2. The molecule has 2 aromatic rings. The van der Waals surface area contributed by atoms with Gasteiger partial charge in [-0.3, -0.25) is 4.68 Å². The SMILES string of the molecule is Cn1cc(CC(N)c2ccc(I)cc2)cn1. The minimum absolute atomic E-state index is 0.0428. The van der Waals surface area contributed by atoms with E-state index in [1.807, 2.05) is 19.4 Å². The summed E-state index contributed by atoms with van der Waals surface area (Å²) in [4.78, 5) is 0. The highest BCUT2D eigenvalue weighted by Gasteiger charge is 2.07. The van der Waals surface area contributed by atoms with Crippen LogP contribution >= 0.6 is 22.6 Å². The molecule has 0 saturated carbocycles. The fraction of sp³-hybridized carbons (Fsp3) is 0.250. The van der Waals surface area contributed by atoms with Gasteiger partial charge in [0.05, 0.1) is 6.20 Å². The molecule has 16 heavy (non-hydrogen) atoms. The van der Waals surface area contributed by atoms with Crippen LogP contribution in [0.15, 0.2) is 36.7 Å². The first kappa shape index (κ1) is 11.6. The normalized spacial score (nSPS) is 12.7. The maximum absolute atomic E-state index is 6.15. The largest absolute Gasteiger partial charge is 0.324 e. The summed E-state index contributed by atoms with van der Waals surface area (Å²) in [5.41, 5.74) is 8.49. The molecule has 84 valence electrons. The highest BCUT2D eigenvalue weighted by Crippen LogP contribution is 2.16. The van der Waals surface area contributed by atoms with E-state index in [0.29, 0.717) is 0 Å². The van der Waals surface area contributed by atoms with Crippen molar-refractivity contribution in [1.29, 1.82) is 0 Å². The fourth-order valence-corrected chi connectivity index (χ4v) is 2.02. The van der Waals surface area contributed by atoms with Crippen molar-refractivity contribution >= 4 is 22.6 Å². The van der Waals surface area contributed by atoms with Gasteiger partial charge in [0.1, 0.15) is 0 Å². The summed E-state index contributed by atoms with van der Waals surface area (Å²) in [5.74, 6) is 0. The van der Waals surface area contributed by atoms with E-state index in [2.05, 4.69) is 52.0 Å². The van der Waals surface area contributed by atoms with Crippen molar-refractivity contribution in [2.45, 2.75) is 12.5 Å². The average molecular weight is 327 g/mol. The minimum atomic E-state index is 0.0428. The van der Waals surface area contributed by atoms with Gasteiger partial charge in [0.2, 0.25) is 0 Å². The van der Waals surface area contributed by atoms with Crippen molar-refractivity contribution in [2.75, 3.05) is 0 Å². The van der Waals surface area contributed by atoms with E-state index in [1.54, 1.807) is 4.68 Å². The molecule has 0 fully saturated rings. The van der Waals surface area contributed by atoms with Gasteiger partial charge >= 0.3 is 0 Å². The predicted molar refractivity (Wildman–Crippen MR) is 73.0 cm³/mol. The van der Waals surface area contributed by atoms with Crippen LogP contribution in [0, 0.1) is 3.57 Å². The highest BCUT2D eigenvalue weighted by molar-refractivity contribution is 14.1. The maximum atomic E-state index is 6.15. The lowest BCUT2D eigenvalue weighted by atomic mass is 10.0. The molecule has 0 aliphatic rings. The molecule has 0 amide bonds. The Hall–Kier alpha value is -0.880. The molecule has 0 aliphatic carbocycles. The summed E-state index contributed by atoms with van der Waals surface area (Å²) in [6, 6.07) is 8.38. The topological polar surface area (TPSA) is 43.8 Å². The second-order valence-corrected chi connectivity index (χ2v) is 5.13. The quantitative estimate of drug-likeness (QED) is 0.879. The summed E-state index contributed by atoms with van der Waals surface area (Å²) >= 11 is 2.29. The first-order valence-corrected chi connectivity index (χ1v) is 6.21. The van der Waals surface area contributed by atoms with E-state index in [0.717, 1.165) is 6.42 Å². The predicted octanol–water partition coefficient (Wildman–Crippen LogP) is 2.27. The number of halogens is 1. The van der Waals surface area contributed by atoms with E-state index in [4.69, 9.17) is 5.73 Å². The highest BCUT2D eigenvalue weighted by atomic mass is 127. The molecule has 0 bridgehead atoms. The summed E-state index contributed by atoms with van der Waals surface area (Å²) < 4.78 is 3.03. The van der Waals surface area contributed by atoms with Gasteiger partial charge in [0.25, 0.3) is 0 Å². The van der Waals surface area contributed by atoms with Crippen molar-refractivity contribution in [3.05, 3.63) is 51.4 Å². The number of nitrogens with two attached hydrogens (primary N) is 1. The molecule has 0 radical (unpaired) electrons. The van der Waals surface area contributed by atoms with Gasteiger partial charge in [0.15, 0.2) is 0 Å². The van der Waals surface area contributed by atoms with Crippen LogP contribution in [0.4, 0.5) is 0 Å².